The molecule has 0 unspecified atom stereocenters. The van der Waals surface area contributed by atoms with Crippen molar-refractivity contribution < 1.29 is 8.42 Å². The van der Waals surface area contributed by atoms with Gasteiger partial charge < -0.3 is 5.73 Å². The summed E-state index contributed by atoms with van der Waals surface area (Å²) in [4.78, 5) is 0.0663. The van der Waals surface area contributed by atoms with Gasteiger partial charge >= 0.3 is 0 Å². The first-order chi connectivity index (χ1) is 9.29. The summed E-state index contributed by atoms with van der Waals surface area (Å²) in [5.41, 5.74) is 7.16. The molecule has 0 aliphatic heterocycles. The molecule has 106 valence electrons. The highest BCUT2D eigenvalue weighted by molar-refractivity contribution is 7.92. The van der Waals surface area contributed by atoms with Gasteiger partial charge in [0.15, 0.2) is 0 Å². The van der Waals surface area contributed by atoms with E-state index in [9.17, 15) is 8.42 Å². The second-order valence-electron chi connectivity index (χ2n) is 4.25. The molecule has 0 atom stereocenters. The summed E-state index contributed by atoms with van der Waals surface area (Å²) in [7, 11) is -3.76. The van der Waals surface area contributed by atoms with Gasteiger partial charge in [0.05, 0.1) is 15.6 Å². The molecule has 0 aliphatic rings. The van der Waals surface area contributed by atoms with Crippen molar-refractivity contribution in [2.24, 2.45) is 0 Å². The van der Waals surface area contributed by atoms with Crippen LogP contribution in [-0.4, -0.2) is 8.42 Å². The maximum absolute atomic E-state index is 12.3. The van der Waals surface area contributed by atoms with Crippen molar-refractivity contribution in [3.8, 4) is 0 Å². The summed E-state index contributed by atoms with van der Waals surface area (Å²) in [6.45, 7) is 1.80. The molecule has 2 aromatic carbocycles. The molecular weight excluding hydrogens is 319 g/mol. The number of nitrogen functional groups attached to an aromatic ring is 1. The highest BCUT2D eigenvalue weighted by atomic mass is 35.5. The maximum atomic E-state index is 12.3. The Bertz CT molecular complexity index is 761. The molecule has 0 aliphatic carbocycles. The standard InChI is InChI=1S/C13H12Cl2N2O2S/c1-8-2-4-10(7-12(8)16)20(18,19)17-13-6-9(14)3-5-11(13)15/h2-7,17H,16H2,1H3. The smallest absolute Gasteiger partial charge is 0.262 e. The third-order valence-electron chi connectivity index (χ3n) is 2.73. The van der Waals surface area contributed by atoms with Crippen molar-refractivity contribution in [3.63, 3.8) is 0 Å². The lowest BCUT2D eigenvalue weighted by Gasteiger charge is -2.11. The quantitative estimate of drug-likeness (QED) is 0.843. The largest absolute Gasteiger partial charge is 0.398 e. The van der Waals surface area contributed by atoms with Gasteiger partial charge in [-0.1, -0.05) is 29.3 Å². The Balaban J connectivity index is 2.40. The fourth-order valence-electron chi connectivity index (χ4n) is 1.57. The Morgan fingerprint density at radius 3 is 2.45 bits per heavy atom. The van der Waals surface area contributed by atoms with Crippen LogP contribution in [0.3, 0.4) is 0 Å². The van der Waals surface area contributed by atoms with Crippen LogP contribution in [0.4, 0.5) is 11.4 Å². The summed E-state index contributed by atoms with van der Waals surface area (Å²) in [6, 6.07) is 9.06. The van der Waals surface area contributed by atoms with Crippen LogP contribution in [-0.2, 0) is 10.0 Å². The van der Waals surface area contributed by atoms with E-state index in [-0.39, 0.29) is 15.6 Å². The lowest BCUT2D eigenvalue weighted by molar-refractivity contribution is 0.601. The number of nitrogens with one attached hydrogen (secondary N) is 1. The van der Waals surface area contributed by atoms with E-state index in [1.807, 2.05) is 0 Å². The zero-order chi connectivity index (χ0) is 14.9. The topological polar surface area (TPSA) is 72.2 Å². The van der Waals surface area contributed by atoms with Crippen LogP contribution in [0, 0.1) is 6.92 Å². The number of hydrogen-bond donors (Lipinski definition) is 2. The lowest BCUT2D eigenvalue weighted by atomic mass is 10.2. The van der Waals surface area contributed by atoms with Gasteiger partial charge in [-0.3, -0.25) is 4.72 Å². The molecule has 0 spiro atoms. The van der Waals surface area contributed by atoms with Crippen LogP contribution in [0.2, 0.25) is 10.0 Å². The van der Waals surface area contributed by atoms with Crippen molar-refractivity contribution in [3.05, 3.63) is 52.0 Å². The summed E-state index contributed by atoms with van der Waals surface area (Å²) >= 11 is 11.8. The van der Waals surface area contributed by atoms with Crippen molar-refractivity contribution in [2.45, 2.75) is 11.8 Å². The van der Waals surface area contributed by atoms with Gasteiger partial charge in [-0.05, 0) is 42.8 Å². The van der Waals surface area contributed by atoms with Gasteiger partial charge in [0, 0.05) is 10.7 Å². The van der Waals surface area contributed by atoms with Crippen LogP contribution < -0.4 is 10.5 Å². The summed E-state index contributed by atoms with van der Waals surface area (Å²) in [5, 5.41) is 0.647. The molecule has 0 amide bonds. The summed E-state index contributed by atoms with van der Waals surface area (Å²) in [5.74, 6) is 0. The second kappa shape index (κ2) is 5.52. The third-order valence-corrected chi connectivity index (χ3v) is 4.66. The van der Waals surface area contributed by atoms with E-state index < -0.39 is 10.0 Å². The van der Waals surface area contributed by atoms with E-state index in [0.717, 1.165) is 5.56 Å². The van der Waals surface area contributed by atoms with E-state index in [0.29, 0.717) is 10.7 Å². The molecule has 0 aromatic heterocycles. The lowest BCUT2D eigenvalue weighted by Crippen LogP contribution is -2.13. The Morgan fingerprint density at radius 2 is 1.80 bits per heavy atom. The number of nitrogens with two attached hydrogens (primary N) is 1. The van der Waals surface area contributed by atoms with Crippen LogP contribution in [0.5, 0.6) is 0 Å². The van der Waals surface area contributed by atoms with Crippen LogP contribution >= 0.6 is 23.2 Å². The Kier molecular flexibility index (Phi) is 4.13. The molecule has 2 aromatic rings. The Hall–Kier alpha value is -1.43. The zero-order valence-electron chi connectivity index (χ0n) is 10.5. The van der Waals surface area contributed by atoms with E-state index in [4.69, 9.17) is 28.9 Å². The fourth-order valence-corrected chi connectivity index (χ4v) is 3.06. The zero-order valence-corrected chi connectivity index (χ0v) is 12.9. The molecule has 2 rings (SSSR count). The first-order valence-electron chi connectivity index (χ1n) is 5.63. The van der Waals surface area contributed by atoms with Gasteiger partial charge in [-0.15, -0.1) is 0 Å². The molecule has 0 heterocycles. The number of aryl methyl sites for hydroxylation is 1. The second-order valence-corrected chi connectivity index (χ2v) is 6.77. The number of sulfonamides is 1. The van der Waals surface area contributed by atoms with Crippen LogP contribution in [0.25, 0.3) is 0 Å². The average molecular weight is 331 g/mol. The molecule has 0 bridgehead atoms. The van der Waals surface area contributed by atoms with Crippen molar-refractivity contribution in [1.29, 1.82) is 0 Å². The maximum Gasteiger partial charge on any atom is 0.262 e. The molecule has 0 saturated heterocycles. The number of rotatable bonds is 3. The van der Waals surface area contributed by atoms with Gasteiger partial charge in [-0.25, -0.2) is 8.42 Å². The predicted octanol–water partition coefficient (Wildman–Crippen LogP) is 3.68. The number of anilines is 2. The monoisotopic (exact) mass is 330 g/mol. The van der Waals surface area contributed by atoms with Gasteiger partial charge in [-0.2, -0.15) is 0 Å². The molecule has 4 nitrogen and oxygen atoms in total. The van der Waals surface area contributed by atoms with Gasteiger partial charge in [0.2, 0.25) is 0 Å². The molecular formula is C13H12Cl2N2O2S. The Labute approximate surface area is 127 Å². The highest BCUT2D eigenvalue weighted by Crippen LogP contribution is 2.28. The first-order valence-corrected chi connectivity index (χ1v) is 7.87. The van der Waals surface area contributed by atoms with E-state index >= 15 is 0 Å². The van der Waals surface area contributed by atoms with Crippen LogP contribution in [0.1, 0.15) is 5.56 Å². The molecule has 7 heteroatoms. The molecule has 3 N–H and O–H groups in total. The van der Waals surface area contributed by atoms with Crippen molar-refractivity contribution >= 4 is 44.6 Å². The minimum atomic E-state index is -3.76. The number of halogens is 2. The fraction of sp³-hybridized carbons (Fsp3) is 0.0769. The van der Waals surface area contributed by atoms with E-state index in [1.165, 1.54) is 24.3 Å². The van der Waals surface area contributed by atoms with Gasteiger partial charge in [0.1, 0.15) is 0 Å². The first kappa shape index (κ1) is 15.0. The number of hydrogen-bond acceptors (Lipinski definition) is 3. The van der Waals surface area contributed by atoms with Gasteiger partial charge in [0.25, 0.3) is 10.0 Å². The minimum absolute atomic E-state index is 0.0663. The minimum Gasteiger partial charge on any atom is -0.398 e. The SMILES string of the molecule is Cc1ccc(S(=O)(=O)Nc2cc(Cl)ccc2Cl)cc1N. The summed E-state index contributed by atoms with van der Waals surface area (Å²) in [6.07, 6.45) is 0. The molecule has 0 saturated carbocycles. The molecule has 0 radical (unpaired) electrons. The Morgan fingerprint density at radius 1 is 1.10 bits per heavy atom. The third kappa shape index (κ3) is 3.17. The normalized spacial score (nSPS) is 11.3. The average Bonchev–Trinajstić information content (AvgIpc) is 2.36. The predicted molar refractivity (Wildman–Crippen MR) is 82.9 cm³/mol. The van der Waals surface area contributed by atoms with E-state index in [2.05, 4.69) is 4.72 Å². The molecule has 20 heavy (non-hydrogen) atoms. The van der Waals surface area contributed by atoms with Crippen molar-refractivity contribution in [1.82, 2.24) is 0 Å². The van der Waals surface area contributed by atoms with E-state index in [1.54, 1.807) is 19.1 Å². The van der Waals surface area contributed by atoms with Crippen LogP contribution in [0.15, 0.2) is 41.3 Å². The number of benzene rings is 2. The van der Waals surface area contributed by atoms with Crippen molar-refractivity contribution in [2.75, 3.05) is 10.5 Å². The molecule has 0 fully saturated rings. The summed E-state index contributed by atoms with van der Waals surface area (Å²) < 4.78 is 26.9. The highest BCUT2D eigenvalue weighted by Gasteiger charge is 2.16.